The lowest BCUT2D eigenvalue weighted by Crippen LogP contribution is -2.13. The minimum Gasteiger partial charge on any atom is -0.326 e. The van der Waals surface area contributed by atoms with E-state index in [0.717, 1.165) is 11.1 Å². The van der Waals surface area contributed by atoms with E-state index in [1.54, 1.807) is 30.3 Å². The Morgan fingerprint density at radius 2 is 1.80 bits per heavy atom. The average Bonchev–Trinajstić information content (AvgIpc) is 2.42. The molecule has 3 N–H and O–H groups in total. The lowest BCUT2D eigenvalue weighted by Gasteiger charge is -2.10. The molecule has 0 heterocycles. The van der Waals surface area contributed by atoms with Gasteiger partial charge >= 0.3 is 0 Å². The number of hydrogen-bond donors (Lipinski definition) is 2. The monoisotopic (exact) mass is 310 g/mol. The lowest BCUT2D eigenvalue weighted by molar-refractivity contribution is 0.601. The summed E-state index contributed by atoms with van der Waals surface area (Å²) >= 11 is 6.03. The Morgan fingerprint density at radius 3 is 2.35 bits per heavy atom. The third-order valence-corrected chi connectivity index (χ3v) is 4.53. The molecule has 0 aliphatic heterocycles. The number of hydrogen-bond acceptors (Lipinski definition) is 3. The highest BCUT2D eigenvalue weighted by Gasteiger charge is 2.15. The predicted octanol–water partition coefficient (Wildman–Crippen LogP) is 2.91. The summed E-state index contributed by atoms with van der Waals surface area (Å²) in [5, 5.41) is 0.368. The van der Waals surface area contributed by atoms with Crippen molar-refractivity contribution in [3.63, 3.8) is 0 Å². The molecule has 0 radical (unpaired) electrons. The fourth-order valence-electron chi connectivity index (χ4n) is 1.71. The van der Waals surface area contributed by atoms with Crippen LogP contribution in [0.4, 0.5) is 5.69 Å². The van der Waals surface area contributed by atoms with Gasteiger partial charge in [0.25, 0.3) is 10.0 Å². The summed E-state index contributed by atoms with van der Waals surface area (Å²) in [5.74, 6) is 0. The molecule has 2 rings (SSSR count). The van der Waals surface area contributed by atoms with E-state index >= 15 is 0 Å². The van der Waals surface area contributed by atoms with Crippen LogP contribution in [0.25, 0.3) is 0 Å². The fraction of sp³-hybridized carbons (Fsp3) is 0.143. The van der Waals surface area contributed by atoms with E-state index in [-0.39, 0.29) is 4.90 Å². The Kier molecular flexibility index (Phi) is 4.32. The maximum Gasteiger partial charge on any atom is 0.261 e. The second-order valence-electron chi connectivity index (χ2n) is 4.44. The molecular formula is C14H15ClN2O2S. The molecule has 0 spiro atoms. The van der Waals surface area contributed by atoms with Crippen LogP contribution in [0.1, 0.15) is 11.1 Å². The number of aryl methyl sites for hydroxylation is 1. The second-order valence-corrected chi connectivity index (χ2v) is 6.53. The van der Waals surface area contributed by atoms with Gasteiger partial charge < -0.3 is 5.73 Å². The van der Waals surface area contributed by atoms with Crippen LogP contribution in [0.2, 0.25) is 5.02 Å². The standard InChI is InChI=1S/C14H15ClN2O2S/c1-10-2-7-14(13(15)8-10)17-20(18,19)12-5-3-11(9-16)4-6-12/h2-8,17H,9,16H2,1H3. The molecule has 0 aliphatic rings. The Balaban J connectivity index is 2.30. The number of rotatable bonds is 4. The van der Waals surface area contributed by atoms with Crippen LogP contribution < -0.4 is 10.5 Å². The van der Waals surface area contributed by atoms with Crippen molar-refractivity contribution in [3.8, 4) is 0 Å². The van der Waals surface area contributed by atoms with Crippen molar-refractivity contribution >= 4 is 27.3 Å². The van der Waals surface area contributed by atoms with Crippen molar-refractivity contribution in [1.29, 1.82) is 0 Å². The SMILES string of the molecule is Cc1ccc(NS(=O)(=O)c2ccc(CN)cc2)c(Cl)c1. The molecule has 4 nitrogen and oxygen atoms in total. The highest BCUT2D eigenvalue weighted by molar-refractivity contribution is 7.92. The zero-order valence-corrected chi connectivity index (χ0v) is 12.5. The summed E-state index contributed by atoms with van der Waals surface area (Å²) in [5.41, 5.74) is 7.68. The van der Waals surface area contributed by atoms with Gasteiger partial charge in [0.05, 0.1) is 15.6 Å². The van der Waals surface area contributed by atoms with Gasteiger partial charge in [-0.25, -0.2) is 8.42 Å². The number of nitrogens with one attached hydrogen (secondary N) is 1. The molecule has 0 aromatic heterocycles. The van der Waals surface area contributed by atoms with Crippen LogP contribution in [0.5, 0.6) is 0 Å². The third kappa shape index (κ3) is 3.30. The Hall–Kier alpha value is -1.56. The van der Waals surface area contributed by atoms with Crippen molar-refractivity contribution in [1.82, 2.24) is 0 Å². The first-order chi connectivity index (χ1) is 9.42. The van der Waals surface area contributed by atoms with E-state index < -0.39 is 10.0 Å². The smallest absolute Gasteiger partial charge is 0.261 e. The third-order valence-electron chi connectivity index (χ3n) is 2.84. The first-order valence-corrected chi connectivity index (χ1v) is 7.86. The average molecular weight is 311 g/mol. The van der Waals surface area contributed by atoms with Crippen LogP contribution in [0, 0.1) is 6.92 Å². The molecule has 2 aromatic carbocycles. The highest BCUT2D eigenvalue weighted by atomic mass is 35.5. The van der Waals surface area contributed by atoms with E-state index in [0.29, 0.717) is 17.3 Å². The number of sulfonamides is 1. The first kappa shape index (κ1) is 14.8. The molecule has 0 bridgehead atoms. The van der Waals surface area contributed by atoms with Crippen molar-refractivity contribution < 1.29 is 8.42 Å². The molecule has 106 valence electrons. The molecule has 0 saturated carbocycles. The van der Waals surface area contributed by atoms with Crippen LogP contribution in [0.15, 0.2) is 47.4 Å². The van der Waals surface area contributed by atoms with Gasteiger partial charge in [0.1, 0.15) is 0 Å². The largest absolute Gasteiger partial charge is 0.326 e. The van der Waals surface area contributed by atoms with E-state index in [1.807, 2.05) is 6.92 Å². The molecule has 0 amide bonds. The molecule has 20 heavy (non-hydrogen) atoms. The minimum atomic E-state index is -3.65. The minimum absolute atomic E-state index is 0.173. The quantitative estimate of drug-likeness (QED) is 0.912. The summed E-state index contributed by atoms with van der Waals surface area (Å²) in [6.07, 6.45) is 0. The fourth-order valence-corrected chi connectivity index (χ4v) is 3.13. The number of halogens is 1. The summed E-state index contributed by atoms with van der Waals surface area (Å²) in [7, 11) is -3.65. The van der Waals surface area contributed by atoms with Gasteiger partial charge in [-0.15, -0.1) is 0 Å². The number of nitrogens with two attached hydrogens (primary N) is 1. The summed E-state index contributed by atoms with van der Waals surface area (Å²) < 4.78 is 27.0. The van der Waals surface area contributed by atoms with Crippen molar-refractivity contribution in [2.75, 3.05) is 4.72 Å². The van der Waals surface area contributed by atoms with Gasteiger partial charge in [-0.3, -0.25) is 4.72 Å². The van der Waals surface area contributed by atoms with E-state index in [4.69, 9.17) is 17.3 Å². The summed E-state index contributed by atoms with van der Waals surface area (Å²) in [4.78, 5) is 0.173. The zero-order chi connectivity index (χ0) is 14.8. The highest BCUT2D eigenvalue weighted by Crippen LogP contribution is 2.25. The Bertz CT molecular complexity index is 712. The second kappa shape index (κ2) is 5.83. The molecular weight excluding hydrogens is 296 g/mol. The van der Waals surface area contributed by atoms with Crippen LogP contribution in [-0.4, -0.2) is 8.42 Å². The molecule has 0 atom stereocenters. The summed E-state index contributed by atoms with van der Waals surface area (Å²) in [6.45, 7) is 2.26. The van der Waals surface area contributed by atoms with Crippen molar-refractivity contribution in [2.24, 2.45) is 5.73 Å². The lowest BCUT2D eigenvalue weighted by atomic mass is 10.2. The molecule has 2 aromatic rings. The zero-order valence-electron chi connectivity index (χ0n) is 10.9. The Morgan fingerprint density at radius 1 is 1.15 bits per heavy atom. The number of benzene rings is 2. The molecule has 0 aliphatic carbocycles. The predicted molar refractivity (Wildman–Crippen MR) is 81.3 cm³/mol. The topological polar surface area (TPSA) is 72.2 Å². The van der Waals surface area contributed by atoms with Crippen LogP contribution in [-0.2, 0) is 16.6 Å². The van der Waals surface area contributed by atoms with Gasteiger partial charge in [0.2, 0.25) is 0 Å². The van der Waals surface area contributed by atoms with Gasteiger partial charge in [-0.2, -0.15) is 0 Å². The van der Waals surface area contributed by atoms with E-state index in [2.05, 4.69) is 4.72 Å². The first-order valence-electron chi connectivity index (χ1n) is 6.00. The molecule has 0 saturated heterocycles. The van der Waals surface area contributed by atoms with Gasteiger partial charge in [0, 0.05) is 6.54 Å². The summed E-state index contributed by atoms with van der Waals surface area (Å²) in [6, 6.07) is 11.6. The van der Waals surface area contributed by atoms with E-state index in [1.165, 1.54) is 12.1 Å². The van der Waals surface area contributed by atoms with E-state index in [9.17, 15) is 8.42 Å². The molecule has 0 unspecified atom stereocenters. The maximum absolute atomic E-state index is 12.2. The Labute approximate surface area is 123 Å². The van der Waals surface area contributed by atoms with Crippen molar-refractivity contribution in [3.05, 3.63) is 58.6 Å². The molecule has 0 fully saturated rings. The van der Waals surface area contributed by atoms with Gasteiger partial charge in [-0.1, -0.05) is 29.8 Å². The van der Waals surface area contributed by atoms with Crippen molar-refractivity contribution in [2.45, 2.75) is 18.4 Å². The van der Waals surface area contributed by atoms with Crippen LogP contribution >= 0.6 is 11.6 Å². The number of anilines is 1. The van der Waals surface area contributed by atoms with Crippen LogP contribution in [0.3, 0.4) is 0 Å². The van der Waals surface area contributed by atoms with Gasteiger partial charge in [0.15, 0.2) is 0 Å². The van der Waals surface area contributed by atoms with Gasteiger partial charge in [-0.05, 0) is 42.3 Å². The molecule has 6 heteroatoms. The maximum atomic E-state index is 12.2. The normalized spacial score (nSPS) is 11.3.